The summed E-state index contributed by atoms with van der Waals surface area (Å²) in [5.74, 6) is 0. The average molecular weight is 334 g/mol. The van der Waals surface area contributed by atoms with Crippen LogP contribution in [-0.2, 0) is 0 Å². The summed E-state index contributed by atoms with van der Waals surface area (Å²) >= 11 is 0. The van der Waals surface area contributed by atoms with Crippen LogP contribution in [0.2, 0.25) is 0 Å². The number of benzene rings is 2. The lowest BCUT2D eigenvalue weighted by atomic mass is 9.86. The van der Waals surface area contributed by atoms with Gasteiger partial charge in [-0.1, -0.05) is 60.7 Å². The summed E-state index contributed by atoms with van der Waals surface area (Å²) in [7, 11) is 0. The van der Waals surface area contributed by atoms with Crippen LogP contribution in [0.1, 0.15) is 22.3 Å². The maximum Gasteiger partial charge on any atom is 0.0273 e. The van der Waals surface area contributed by atoms with E-state index in [4.69, 9.17) is 0 Å². The molecular formula is C24H18N2. The molecule has 2 aromatic carbocycles. The zero-order chi connectivity index (χ0) is 17.6. The largest absolute Gasteiger partial charge is 0.265 e. The normalized spacial score (nSPS) is 11.7. The summed E-state index contributed by atoms with van der Waals surface area (Å²) in [5, 5.41) is 0. The Hall–Kier alpha value is -3.52. The van der Waals surface area contributed by atoms with Crippen LogP contribution in [0.25, 0.3) is 11.1 Å². The first-order valence-electron chi connectivity index (χ1n) is 8.59. The molecule has 124 valence electrons. The Morgan fingerprint density at radius 2 is 0.692 bits per heavy atom. The molecule has 0 bridgehead atoms. The third-order valence-corrected chi connectivity index (χ3v) is 4.31. The summed E-state index contributed by atoms with van der Waals surface area (Å²) < 4.78 is 0. The minimum atomic E-state index is 1.14. The molecule has 2 aromatic heterocycles. The van der Waals surface area contributed by atoms with Gasteiger partial charge in [0, 0.05) is 24.8 Å². The van der Waals surface area contributed by atoms with Crippen LogP contribution in [0.15, 0.2) is 110 Å². The van der Waals surface area contributed by atoms with Crippen LogP contribution >= 0.6 is 0 Å². The van der Waals surface area contributed by atoms with Crippen molar-refractivity contribution in [2.45, 2.75) is 0 Å². The zero-order valence-electron chi connectivity index (χ0n) is 14.3. The molecule has 0 N–H and O–H groups in total. The van der Waals surface area contributed by atoms with Gasteiger partial charge in [-0.3, -0.25) is 9.97 Å². The molecule has 0 aliphatic heterocycles. The topological polar surface area (TPSA) is 25.8 Å². The van der Waals surface area contributed by atoms with E-state index in [0.29, 0.717) is 0 Å². The maximum atomic E-state index is 4.19. The number of hydrogen-bond donors (Lipinski definition) is 0. The van der Waals surface area contributed by atoms with Gasteiger partial charge in [0.15, 0.2) is 0 Å². The second-order valence-electron chi connectivity index (χ2n) is 5.95. The summed E-state index contributed by atoms with van der Waals surface area (Å²) in [6, 6.07) is 29.2. The lowest BCUT2D eigenvalue weighted by Crippen LogP contribution is -1.97. The van der Waals surface area contributed by atoms with E-state index in [9.17, 15) is 0 Å². The standard InChI is InChI=1S/C24H18N2/c1-3-7-19(8-4-1)23(21-11-15-25-16-12-21)24(20-9-5-2-6-10-20)22-13-17-26-18-14-22/h1-18H. The highest BCUT2D eigenvalue weighted by atomic mass is 14.6. The molecule has 0 spiro atoms. The summed E-state index contributed by atoms with van der Waals surface area (Å²) in [6.45, 7) is 0. The Morgan fingerprint density at radius 3 is 1.04 bits per heavy atom. The molecule has 0 saturated heterocycles. The van der Waals surface area contributed by atoms with Crippen molar-refractivity contribution in [2.24, 2.45) is 0 Å². The van der Waals surface area contributed by atoms with Crippen molar-refractivity contribution in [2.75, 3.05) is 0 Å². The van der Waals surface area contributed by atoms with E-state index < -0.39 is 0 Å². The molecule has 0 aliphatic rings. The molecule has 4 aromatic rings. The predicted molar refractivity (Wildman–Crippen MR) is 106 cm³/mol. The second-order valence-corrected chi connectivity index (χ2v) is 5.95. The third kappa shape index (κ3) is 3.31. The molecule has 0 amide bonds. The Labute approximate surface area is 153 Å². The molecule has 2 heterocycles. The van der Waals surface area contributed by atoms with E-state index >= 15 is 0 Å². The van der Waals surface area contributed by atoms with Gasteiger partial charge in [0.05, 0.1) is 0 Å². The van der Waals surface area contributed by atoms with Gasteiger partial charge in [0.2, 0.25) is 0 Å². The fourth-order valence-corrected chi connectivity index (χ4v) is 3.16. The summed E-state index contributed by atoms with van der Waals surface area (Å²) in [5.41, 5.74) is 7.00. The first-order chi connectivity index (χ1) is 12.9. The van der Waals surface area contributed by atoms with Crippen LogP contribution in [-0.4, -0.2) is 9.97 Å². The van der Waals surface area contributed by atoms with Gasteiger partial charge >= 0.3 is 0 Å². The molecular weight excluding hydrogens is 316 g/mol. The molecule has 0 atom stereocenters. The highest BCUT2D eigenvalue weighted by Gasteiger charge is 2.15. The zero-order valence-corrected chi connectivity index (χ0v) is 14.3. The van der Waals surface area contributed by atoms with Crippen LogP contribution in [0.3, 0.4) is 0 Å². The lowest BCUT2D eigenvalue weighted by molar-refractivity contribution is 1.31. The van der Waals surface area contributed by atoms with E-state index in [-0.39, 0.29) is 0 Å². The monoisotopic (exact) mass is 334 g/mol. The van der Waals surface area contributed by atoms with Crippen LogP contribution in [0.4, 0.5) is 0 Å². The lowest BCUT2D eigenvalue weighted by Gasteiger charge is -2.17. The number of pyridine rings is 2. The Kier molecular flexibility index (Phi) is 4.66. The van der Waals surface area contributed by atoms with E-state index in [1.165, 1.54) is 22.3 Å². The van der Waals surface area contributed by atoms with Crippen molar-refractivity contribution in [1.82, 2.24) is 9.97 Å². The average Bonchev–Trinajstić information content (AvgIpc) is 2.74. The van der Waals surface area contributed by atoms with Gasteiger partial charge in [-0.05, 0) is 57.7 Å². The van der Waals surface area contributed by atoms with Crippen molar-refractivity contribution in [3.8, 4) is 0 Å². The second kappa shape index (κ2) is 7.58. The Morgan fingerprint density at radius 1 is 0.385 bits per heavy atom. The molecule has 0 saturated carbocycles. The van der Waals surface area contributed by atoms with Gasteiger partial charge < -0.3 is 0 Å². The molecule has 0 fully saturated rings. The van der Waals surface area contributed by atoms with Gasteiger partial charge in [0.25, 0.3) is 0 Å². The predicted octanol–water partition coefficient (Wildman–Crippen LogP) is 5.48. The van der Waals surface area contributed by atoms with Gasteiger partial charge in [-0.2, -0.15) is 0 Å². The first kappa shape index (κ1) is 16.0. The Bertz CT molecular complexity index is 825. The number of nitrogens with zero attached hydrogens (tertiary/aromatic N) is 2. The van der Waals surface area contributed by atoms with Gasteiger partial charge in [-0.25, -0.2) is 0 Å². The van der Waals surface area contributed by atoms with E-state index in [2.05, 4.69) is 82.8 Å². The van der Waals surface area contributed by atoms with Crippen molar-refractivity contribution >= 4 is 11.1 Å². The minimum Gasteiger partial charge on any atom is -0.265 e. The van der Waals surface area contributed by atoms with Crippen molar-refractivity contribution < 1.29 is 0 Å². The minimum absolute atomic E-state index is 1.14. The highest BCUT2D eigenvalue weighted by Crippen LogP contribution is 2.36. The SMILES string of the molecule is c1ccc(C(=C(c2ccccc2)c2ccncc2)c2ccncc2)cc1. The fraction of sp³-hybridized carbons (Fsp3) is 0. The summed E-state index contributed by atoms with van der Waals surface area (Å²) in [6.07, 6.45) is 7.36. The van der Waals surface area contributed by atoms with Crippen molar-refractivity contribution in [1.29, 1.82) is 0 Å². The smallest absolute Gasteiger partial charge is 0.0273 e. The molecule has 0 aliphatic carbocycles. The molecule has 2 nitrogen and oxygen atoms in total. The quantitative estimate of drug-likeness (QED) is 0.462. The first-order valence-corrected chi connectivity index (χ1v) is 8.59. The molecule has 0 radical (unpaired) electrons. The maximum absolute atomic E-state index is 4.19. The molecule has 26 heavy (non-hydrogen) atoms. The molecule has 4 rings (SSSR count). The van der Waals surface area contributed by atoms with E-state index in [1.807, 2.05) is 36.9 Å². The van der Waals surface area contributed by atoms with Crippen molar-refractivity contribution in [3.05, 3.63) is 132 Å². The van der Waals surface area contributed by atoms with E-state index in [1.54, 1.807) is 0 Å². The fourth-order valence-electron chi connectivity index (χ4n) is 3.16. The third-order valence-electron chi connectivity index (χ3n) is 4.31. The van der Waals surface area contributed by atoms with Crippen LogP contribution in [0, 0.1) is 0 Å². The number of aromatic nitrogens is 2. The van der Waals surface area contributed by atoms with Gasteiger partial charge in [0.1, 0.15) is 0 Å². The molecule has 2 heteroatoms. The Balaban J connectivity index is 2.09. The molecule has 0 unspecified atom stereocenters. The van der Waals surface area contributed by atoms with Crippen LogP contribution < -0.4 is 0 Å². The number of rotatable bonds is 4. The van der Waals surface area contributed by atoms with Crippen LogP contribution in [0.5, 0.6) is 0 Å². The number of hydrogen-bond acceptors (Lipinski definition) is 2. The van der Waals surface area contributed by atoms with Gasteiger partial charge in [-0.15, -0.1) is 0 Å². The van der Waals surface area contributed by atoms with E-state index in [0.717, 1.165) is 11.1 Å². The highest BCUT2D eigenvalue weighted by molar-refractivity contribution is 6.04. The summed E-state index contributed by atoms with van der Waals surface area (Å²) in [4.78, 5) is 8.39. The van der Waals surface area contributed by atoms with Crippen molar-refractivity contribution in [3.63, 3.8) is 0 Å².